The SMILES string of the molecule is CN(C)CCN(C)c1ccc2c(c1)CNCC(=O)N1CC[C@@H](CC(=O)NCc3ccccn3)[C@@H](CCCO2)C1. The molecule has 2 aliphatic heterocycles. The monoisotopic (exact) mass is 536 g/mol. The minimum atomic E-state index is 0.0477. The molecule has 4 rings (SSSR count). The molecule has 1 aromatic heterocycles. The summed E-state index contributed by atoms with van der Waals surface area (Å²) < 4.78 is 6.25. The molecule has 2 bridgehead atoms. The van der Waals surface area contributed by atoms with E-state index < -0.39 is 0 Å². The third-order valence-electron chi connectivity index (χ3n) is 7.82. The molecule has 2 atom stereocenters. The van der Waals surface area contributed by atoms with Crippen molar-refractivity contribution in [2.45, 2.75) is 38.8 Å². The number of anilines is 1. The van der Waals surface area contributed by atoms with Gasteiger partial charge in [-0.25, -0.2) is 0 Å². The summed E-state index contributed by atoms with van der Waals surface area (Å²) in [6.07, 6.45) is 4.87. The Bertz CT molecular complexity index is 1080. The number of pyridine rings is 1. The molecule has 9 heteroatoms. The third-order valence-corrected chi connectivity index (χ3v) is 7.82. The van der Waals surface area contributed by atoms with E-state index in [0.29, 0.717) is 45.8 Å². The summed E-state index contributed by atoms with van der Waals surface area (Å²) >= 11 is 0. The maximum absolute atomic E-state index is 13.1. The highest BCUT2D eigenvalue weighted by atomic mass is 16.5. The van der Waals surface area contributed by atoms with E-state index in [4.69, 9.17) is 4.74 Å². The minimum absolute atomic E-state index is 0.0477. The molecule has 0 saturated carbocycles. The van der Waals surface area contributed by atoms with Crippen molar-refractivity contribution < 1.29 is 14.3 Å². The van der Waals surface area contributed by atoms with E-state index >= 15 is 0 Å². The van der Waals surface area contributed by atoms with Gasteiger partial charge in [0.15, 0.2) is 0 Å². The molecule has 2 aromatic rings. The van der Waals surface area contributed by atoms with Gasteiger partial charge in [-0.2, -0.15) is 0 Å². The largest absolute Gasteiger partial charge is 0.493 e. The van der Waals surface area contributed by atoms with Crippen molar-refractivity contribution in [2.75, 3.05) is 65.4 Å². The summed E-state index contributed by atoms with van der Waals surface area (Å²) in [5.41, 5.74) is 3.06. The van der Waals surface area contributed by atoms with E-state index in [2.05, 4.69) is 64.8 Å². The topological polar surface area (TPSA) is 90.0 Å². The first kappa shape index (κ1) is 28.8. The van der Waals surface area contributed by atoms with Gasteiger partial charge in [-0.1, -0.05) is 6.07 Å². The van der Waals surface area contributed by atoms with Crippen LogP contribution in [0.15, 0.2) is 42.6 Å². The van der Waals surface area contributed by atoms with E-state index in [0.717, 1.165) is 55.0 Å². The summed E-state index contributed by atoms with van der Waals surface area (Å²) in [6, 6.07) is 12.0. The fraction of sp³-hybridized carbons (Fsp3) is 0.567. The number of ether oxygens (including phenoxy) is 1. The van der Waals surface area contributed by atoms with Crippen LogP contribution in [0.5, 0.6) is 5.75 Å². The van der Waals surface area contributed by atoms with E-state index in [9.17, 15) is 9.59 Å². The number of hydrogen-bond acceptors (Lipinski definition) is 7. The number of amides is 2. The van der Waals surface area contributed by atoms with E-state index in [-0.39, 0.29) is 23.7 Å². The number of hydrogen-bond donors (Lipinski definition) is 2. The molecule has 0 unspecified atom stereocenters. The first-order valence-corrected chi connectivity index (χ1v) is 14.2. The van der Waals surface area contributed by atoms with Crippen LogP contribution < -0.4 is 20.3 Å². The van der Waals surface area contributed by atoms with Crippen molar-refractivity contribution in [3.63, 3.8) is 0 Å². The summed E-state index contributed by atoms with van der Waals surface area (Å²) in [6.45, 7) is 5.22. The number of nitrogens with one attached hydrogen (secondary N) is 2. The van der Waals surface area contributed by atoms with Crippen LogP contribution in [0.1, 0.15) is 36.9 Å². The Morgan fingerprint density at radius 2 is 2.03 bits per heavy atom. The highest BCUT2D eigenvalue weighted by molar-refractivity contribution is 5.78. The quantitative estimate of drug-likeness (QED) is 0.536. The molecule has 0 radical (unpaired) electrons. The molecule has 2 aliphatic rings. The van der Waals surface area contributed by atoms with Crippen molar-refractivity contribution in [3.8, 4) is 5.75 Å². The first-order chi connectivity index (χ1) is 18.9. The van der Waals surface area contributed by atoms with Crippen molar-refractivity contribution in [1.29, 1.82) is 0 Å². The lowest BCUT2D eigenvalue weighted by Crippen LogP contribution is -2.47. The second-order valence-electron chi connectivity index (χ2n) is 11.1. The summed E-state index contributed by atoms with van der Waals surface area (Å²) in [7, 11) is 6.26. The second kappa shape index (κ2) is 14.3. The molecular formula is C30H44N6O3. The Hall–Kier alpha value is -3.17. The Morgan fingerprint density at radius 1 is 1.15 bits per heavy atom. The van der Waals surface area contributed by atoms with Gasteiger partial charge in [-0.15, -0.1) is 0 Å². The zero-order valence-electron chi connectivity index (χ0n) is 23.7. The average molecular weight is 537 g/mol. The van der Waals surface area contributed by atoms with Crippen LogP contribution >= 0.6 is 0 Å². The maximum Gasteiger partial charge on any atom is 0.236 e. The smallest absolute Gasteiger partial charge is 0.236 e. The van der Waals surface area contributed by atoms with Crippen LogP contribution in [0, 0.1) is 11.8 Å². The second-order valence-corrected chi connectivity index (χ2v) is 11.1. The molecule has 2 N–H and O–H groups in total. The summed E-state index contributed by atoms with van der Waals surface area (Å²) in [5, 5.41) is 6.38. The molecule has 1 fully saturated rings. The minimum Gasteiger partial charge on any atom is -0.493 e. The lowest BCUT2D eigenvalue weighted by Gasteiger charge is -2.38. The number of piperidine rings is 1. The molecule has 3 heterocycles. The van der Waals surface area contributed by atoms with Gasteiger partial charge in [0.05, 0.1) is 25.4 Å². The third kappa shape index (κ3) is 8.66. The normalized spacial score (nSPS) is 20.2. The number of carbonyl (C=O) groups excluding carboxylic acids is 2. The van der Waals surface area contributed by atoms with Crippen LogP contribution in [0.4, 0.5) is 5.69 Å². The van der Waals surface area contributed by atoms with Crippen molar-refractivity contribution in [3.05, 3.63) is 53.9 Å². The van der Waals surface area contributed by atoms with Gasteiger partial charge in [-0.3, -0.25) is 14.6 Å². The highest BCUT2D eigenvalue weighted by Gasteiger charge is 2.32. The number of carbonyl (C=O) groups is 2. The number of likely N-dealkylation sites (N-methyl/N-ethyl adjacent to an activating group) is 2. The Balaban J connectivity index is 1.37. The fourth-order valence-electron chi connectivity index (χ4n) is 5.41. The molecule has 0 aliphatic carbocycles. The number of benzene rings is 1. The lowest BCUT2D eigenvalue weighted by atomic mass is 9.80. The Morgan fingerprint density at radius 3 is 2.82 bits per heavy atom. The maximum atomic E-state index is 13.1. The van der Waals surface area contributed by atoms with Crippen LogP contribution in [0.25, 0.3) is 0 Å². The van der Waals surface area contributed by atoms with E-state index in [1.54, 1.807) is 6.20 Å². The van der Waals surface area contributed by atoms with Gasteiger partial charge in [0.2, 0.25) is 11.8 Å². The van der Waals surface area contributed by atoms with Gasteiger partial charge in [0, 0.05) is 63.6 Å². The molecule has 1 saturated heterocycles. The lowest BCUT2D eigenvalue weighted by molar-refractivity contribution is -0.133. The number of fused-ring (bicyclic) bond motifs is 3. The van der Waals surface area contributed by atoms with E-state index in [1.807, 2.05) is 23.1 Å². The van der Waals surface area contributed by atoms with Gasteiger partial charge >= 0.3 is 0 Å². The number of aromatic nitrogens is 1. The van der Waals surface area contributed by atoms with Crippen molar-refractivity contribution in [2.24, 2.45) is 11.8 Å². The molecule has 0 spiro atoms. The van der Waals surface area contributed by atoms with Crippen LogP contribution in [0.3, 0.4) is 0 Å². The number of nitrogens with zero attached hydrogens (tertiary/aromatic N) is 4. The van der Waals surface area contributed by atoms with Crippen molar-refractivity contribution in [1.82, 2.24) is 25.4 Å². The molecule has 39 heavy (non-hydrogen) atoms. The Labute approximate surface area is 232 Å². The summed E-state index contributed by atoms with van der Waals surface area (Å²) in [5.74, 6) is 1.57. The van der Waals surface area contributed by atoms with Crippen molar-refractivity contribution >= 4 is 17.5 Å². The summed E-state index contributed by atoms with van der Waals surface area (Å²) in [4.78, 5) is 36.5. The molecule has 212 valence electrons. The van der Waals surface area contributed by atoms with Crippen LogP contribution in [-0.4, -0.2) is 87.1 Å². The van der Waals surface area contributed by atoms with Gasteiger partial charge < -0.3 is 30.1 Å². The molecule has 2 amide bonds. The average Bonchev–Trinajstić information content (AvgIpc) is 2.95. The van der Waals surface area contributed by atoms with Gasteiger partial charge in [-0.05, 0) is 75.5 Å². The zero-order valence-corrected chi connectivity index (χ0v) is 23.7. The predicted octanol–water partition coefficient (Wildman–Crippen LogP) is 2.51. The molecular weight excluding hydrogens is 492 g/mol. The zero-order chi connectivity index (χ0) is 27.6. The molecule has 9 nitrogen and oxygen atoms in total. The fourth-order valence-corrected chi connectivity index (χ4v) is 5.41. The number of rotatable bonds is 8. The highest BCUT2D eigenvalue weighted by Crippen LogP contribution is 2.31. The Kier molecular flexibility index (Phi) is 10.6. The predicted molar refractivity (Wildman–Crippen MR) is 154 cm³/mol. The van der Waals surface area contributed by atoms with Crippen LogP contribution in [-0.2, 0) is 22.7 Å². The molecule has 1 aromatic carbocycles. The van der Waals surface area contributed by atoms with Gasteiger partial charge in [0.1, 0.15) is 5.75 Å². The van der Waals surface area contributed by atoms with E-state index in [1.165, 1.54) is 0 Å². The van der Waals surface area contributed by atoms with Crippen LogP contribution in [0.2, 0.25) is 0 Å². The van der Waals surface area contributed by atoms with Gasteiger partial charge in [0.25, 0.3) is 0 Å². The standard InChI is InChI=1S/C30H44N6O3/c1-34(2)14-15-35(3)27-9-10-28-25(17-27)19-31-21-30(38)36-13-11-23(24(22-36)7-6-16-39-28)18-29(37)33-20-26-8-4-5-12-32-26/h4-5,8-10,12,17,23-24,31H,6-7,11,13-16,18-22H2,1-3H3,(H,33,37)/t23-,24-/m0/s1. The first-order valence-electron chi connectivity index (χ1n) is 14.2.